The molecule has 8 heteroatoms. The van der Waals surface area contributed by atoms with Crippen molar-refractivity contribution >= 4 is 27.3 Å². The zero-order chi connectivity index (χ0) is 20.1. The Morgan fingerprint density at radius 2 is 2.00 bits per heavy atom. The third kappa shape index (κ3) is 5.12. The SMILES string of the molecule is Cc1ccc(S(=O)(=O)N2CCCC(C(=O)NCCCc3ccc(O)cc3)C2)s1. The largest absolute Gasteiger partial charge is 0.508 e. The summed E-state index contributed by atoms with van der Waals surface area (Å²) in [6, 6.07) is 10.5. The summed E-state index contributed by atoms with van der Waals surface area (Å²) in [7, 11) is -3.52. The number of phenols is 1. The summed E-state index contributed by atoms with van der Waals surface area (Å²) in [6.45, 7) is 3.13. The third-order valence-corrected chi connectivity index (χ3v) is 8.28. The summed E-state index contributed by atoms with van der Waals surface area (Å²) in [6.07, 6.45) is 3.00. The highest BCUT2D eigenvalue weighted by Gasteiger charge is 2.33. The highest BCUT2D eigenvalue weighted by molar-refractivity contribution is 7.91. The molecule has 1 aliphatic heterocycles. The van der Waals surface area contributed by atoms with Gasteiger partial charge >= 0.3 is 0 Å². The molecule has 1 aliphatic rings. The maximum atomic E-state index is 12.8. The van der Waals surface area contributed by atoms with E-state index in [9.17, 15) is 18.3 Å². The minimum Gasteiger partial charge on any atom is -0.508 e. The number of amides is 1. The highest BCUT2D eigenvalue weighted by Crippen LogP contribution is 2.28. The van der Waals surface area contributed by atoms with Gasteiger partial charge in [-0.2, -0.15) is 4.31 Å². The number of benzene rings is 1. The van der Waals surface area contributed by atoms with E-state index in [0.29, 0.717) is 30.1 Å². The van der Waals surface area contributed by atoms with Crippen molar-refractivity contribution in [2.75, 3.05) is 19.6 Å². The standard InChI is InChI=1S/C20H26N2O4S2/c1-15-6-11-19(27-15)28(25,26)22-13-3-5-17(14-22)20(24)21-12-2-4-16-7-9-18(23)10-8-16/h6-11,17,23H,2-5,12-14H2,1H3,(H,21,24). The fraction of sp³-hybridized carbons (Fsp3) is 0.450. The molecule has 0 saturated carbocycles. The molecule has 2 heterocycles. The minimum absolute atomic E-state index is 0.0760. The number of nitrogens with zero attached hydrogens (tertiary/aromatic N) is 1. The number of sulfonamides is 1. The second-order valence-electron chi connectivity index (χ2n) is 7.13. The van der Waals surface area contributed by atoms with E-state index in [2.05, 4.69) is 5.32 Å². The van der Waals surface area contributed by atoms with Crippen LogP contribution in [-0.2, 0) is 21.2 Å². The number of phenolic OH excluding ortho intramolecular Hbond substituents is 1. The summed E-state index contributed by atoms with van der Waals surface area (Å²) in [4.78, 5) is 13.5. The van der Waals surface area contributed by atoms with Gasteiger partial charge in [0.1, 0.15) is 9.96 Å². The van der Waals surface area contributed by atoms with Crippen molar-refractivity contribution in [1.29, 1.82) is 0 Å². The molecular weight excluding hydrogens is 396 g/mol. The van der Waals surface area contributed by atoms with Crippen molar-refractivity contribution in [2.24, 2.45) is 5.92 Å². The monoisotopic (exact) mass is 422 g/mol. The summed E-state index contributed by atoms with van der Waals surface area (Å²) in [5, 5.41) is 12.2. The topological polar surface area (TPSA) is 86.7 Å². The first-order valence-corrected chi connectivity index (χ1v) is 11.7. The molecule has 1 amide bonds. The average Bonchev–Trinajstić information content (AvgIpc) is 3.14. The number of thiophene rings is 1. The van der Waals surface area contributed by atoms with Crippen LogP contribution in [0.1, 0.15) is 29.7 Å². The lowest BCUT2D eigenvalue weighted by Crippen LogP contribution is -2.45. The molecule has 28 heavy (non-hydrogen) atoms. The molecule has 2 aromatic rings. The van der Waals surface area contributed by atoms with Crippen LogP contribution in [0.25, 0.3) is 0 Å². The van der Waals surface area contributed by atoms with Gasteiger partial charge in [0.05, 0.1) is 5.92 Å². The van der Waals surface area contributed by atoms with E-state index in [0.717, 1.165) is 23.3 Å². The molecule has 2 N–H and O–H groups in total. The van der Waals surface area contributed by atoms with Crippen LogP contribution in [-0.4, -0.2) is 43.4 Å². The van der Waals surface area contributed by atoms with E-state index < -0.39 is 10.0 Å². The van der Waals surface area contributed by atoms with Crippen molar-refractivity contribution < 1.29 is 18.3 Å². The number of hydrogen-bond donors (Lipinski definition) is 2. The molecule has 152 valence electrons. The number of hydrogen-bond acceptors (Lipinski definition) is 5. The first-order valence-electron chi connectivity index (χ1n) is 9.48. The van der Waals surface area contributed by atoms with Gasteiger partial charge in [-0.1, -0.05) is 12.1 Å². The van der Waals surface area contributed by atoms with Crippen LogP contribution in [0.4, 0.5) is 0 Å². The second-order valence-corrected chi connectivity index (χ2v) is 10.6. The van der Waals surface area contributed by atoms with Gasteiger partial charge < -0.3 is 10.4 Å². The normalized spacial score (nSPS) is 18.1. The van der Waals surface area contributed by atoms with Crippen molar-refractivity contribution in [3.63, 3.8) is 0 Å². The summed E-state index contributed by atoms with van der Waals surface area (Å²) >= 11 is 1.27. The van der Waals surface area contributed by atoms with Gasteiger partial charge in [-0.25, -0.2) is 8.42 Å². The van der Waals surface area contributed by atoms with Crippen molar-refractivity contribution in [3.8, 4) is 5.75 Å². The van der Waals surface area contributed by atoms with Crippen molar-refractivity contribution in [1.82, 2.24) is 9.62 Å². The zero-order valence-electron chi connectivity index (χ0n) is 15.9. The predicted molar refractivity (Wildman–Crippen MR) is 110 cm³/mol. The Bertz CT molecular complexity index is 907. The fourth-order valence-electron chi connectivity index (χ4n) is 3.36. The van der Waals surface area contributed by atoms with Crippen LogP contribution in [0.15, 0.2) is 40.6 Å². The number of aryl methyl sites for hydroxylation is 2. The van der Waals surface area contributed by atoms with E-state index in [1.807, 2.05) is 19.1 Å². The zero-order valence-corrected chi connectivity index (χ0v) is 17.6. The fourth-order valence-corrected chi connectivity index (χ4v) is 6.33. The van der Waals surface area contributed by atoms with Crippen molar-refractivity contribution in [2.45, 2.75) is 36.8 Å². The molecule has 0 aliphatic carbocycles. The van der Waals surface area contributed by atoms with E-state index in [4.69, 9.17) is 0 Å². The number of piperidine rings is 1. The summed E-state index contributed by atoms with van der Waals surface area (Å²) in [5.74, 6) is -0.141. The molecule has 0 bridgehead atoms. The van der Waals surface area contributed by atoms with E-state index in [1.54, 1.807) is 24.3 Å². The molecule has 1 saturated heterocycles. The molecule has 1 aromatic heterocycles. The first-order chi connectivity index (χ1) is 13.4. The second kappa shape index (κ2) is 9.07. The van der Waals surface area contributed by atoms with Crippen LogP contribution in [0.3, 0.4) is 0 Å². The molecule has 0 radical (unpaired) electrons. The predicted octanol–water partition coefficient (Wildman–Crippen LogP) is 2.91. The third-order valence-electron chi connectivity index (χ3n) is 4.94. The Morgan fingerprint density at radius 3 is 2.68 bits per heavy atom. The first kappa shape index (κ1) is 20.8. The number of carbonyl (C=O) groups excluding carboxylic acids is 1. The molecule has 1 aromatic carbocycles. The Balaban J connectivity index is 1.49. The van der Waals surface area contributed by atoms with Gasteiger partial charge in [-0.3, -0.25) is 4.79 Å². The molecular formula is C20H26N2O4S2. The lowest BCUT2D eigenvalue weighted by molar-refractivity contribution is -0.126. The molecule has 0 spiro atoms. The molecule has 1 unspecified atom stereocenters. The molecule has 1 atom stereocenters. The van der Waals surface area contributed by atoms with Gasteiger partial charge in [0.15, 0.2) is 0 Å². The number of rotatable bonds is 7. The number of carbonyl (C=O) groups is 1. The van der Waals surface area contributed by atoms with Crippen LogP contribution in [0, 0.1) is 12.8 Å². The smallest absolute Gasteiger partial charge is 0.252 e. The maximum Gasteiger partial charge on any atom is 0.252 e. The van der Waals surface area contributed by atoms with Crippen LogP contribution in [0.5, 0.6) is 5.75 Å². The van der Waals surface area contributed by atoms with Crippen LogP contribution in [0.2, 0.25) is 0 Å². The number of nitrogens with one attached hydrogen (secondary N) is 1. The summed E-state index contributed by atoms with van der Waals surface area (Å²) in [5.41, 5.74) is 1.10. The van der Waals surface area contributed by atoms with Crippen LogP contribution >= 0.6 is 11.3 Å². The highest BCUT2D eigenvalue weighted by atomic mass is 32.2. The minimum atomic E-state index is -3.52. The van der Waals surface area contributed by atoms with Gasteiger partial charge in [0, 0.05) is 24.5 Å². The molecule has 6 nitrogen and oxygen atoms in total. The van der Waals surface area contributed by atoms with Gasteiger partial charge in [-0.05, 0) is 62.4 Å². The van der Waals surface area contributed by atoms with Crippen molar-refractivity contribution in [3.05, 3.63) is 46.8 Å². The summed E-state index contributed by atoms with van der Waals surface area (Å²) < 4.78 is 27.4. The van der Waals surface area contributed by atoms with E-state index >= 15 is 0 Å². The Labute approximate surface area is 170 Å². The van der Waals surface area contributed by atoms with E-state index in [1.165, 1.54) is 15.6 Å². The molecule has 3 rings (SSSR count). The lowest BCUT2D eigenvalue weighted by atomic mass is 9.99. The Kier molecular flexibility index (Phi) is 6.74. The average molecular weight is 423 g/mol. The Hall–Kier alpha value is -1.90. The van der Waals surface area contributed by atoms with Crippen LogP contribution < -0.4 is 5.32 Å². The maximum absolute atomic E-state index is 12.8. The quantitative estimate of drug-likeness (QED) is 0.672. The van der Waals surface area contributed by atoms with Gasteiger partial charge in [-0.15, -0.1) is 11.3 Å². The van der Waals surface area contributed by atoms with E-state index in [-0.39, 0.29) is 24.1 Å². The van der Waals surface area contributed by atoms with Gasteiger partial charge in [0.25, 0.3) is 10.0 Å². The Morgan fingerprint density at radius 1 is 1.25 bits per heavy atom. The molecule has 1 fully saturated rings. The number of aromatic hydroxyl groups is 1. The lowest BCUT2D eigenvalue weighted by Gasteiger charge is -2.30. The van der Waals surface area contributed by atoms with Gasteiger partial charge in [0.2, 0.25) is 5.91 Å².